The summed E-state index contributed by atoms with van der Waals surface area (Å²) < 4.78 is 37.1. The van der Waals surface area contributed by atoms with Crippen molar-refractivity contribution in [2.24, 2.45) is 28.9 Å². The van der Waals surface area contributed by atoms with Crippen LogP contribution in [-0.4, -0.2) is 17.8 Å². The molecular weight excluding hydrogens is 415 g/mol. The monoisotopic (exact) mass is 447 g/mol. The second-order valence-electron chi connectivity index (χ2n) is 10.7. The third-order valence-corrected chi connectivity index (χ3v) is 8.99. The van der Waals surface area contributed by atoms with Crippen LogP contribution in [0.4, 0.5) is 4.39 Å². The molecule has 7 rings (SSSR count). The van der Waals surface area contributed by atoms with E-state index in [2.05, 4.69) is 0 Å². The predicted octanol–water partition coefficient (Wildman–Crippen LogP) is 5.27. The molecule has 1 aromatic carbocycles. The van der Waals surface area contributed by atoms with Gasteiger partial charge in [0.1, 0.15) is 11.6 Å². The maximum absolute atomic E-state index is 14.3. The van der Waals surface area contributed by atoms with Gasteiger partial charge in [-0.3, -0.25) is 4.79 Å². The van der Waals surface area contributed by atoms with Crippen LogP contribution in [0.3, 0.4) is 0 Å². The Hall–Kier alpha value is -1.63. The zero-order valence-electron chi connectivity index (χ0n) is 17.9. The molecule has 0 aliphatic heterocycles. The maximum Gasteiger partial charge on any atom is 0.251 e. The molecule has 1 amide bonds. The van der Waals surface area contributed by atoms with Crippen LogP contribution in [0, 0.1) is 33.8 Å². The Morgan fingerprint density at radius 3 is 2.10 bits per heavy atom. The van der Waals surface area contributed by atoms with E-state index in [-0.39, 0.29) is 10.8 Å². The first kappa shape index (κ1) is 21.2. The first-order valence-electron chi connectivity index (χ1n) is 11.7. The summed E-state index contributed by atoms with van der Waals surface area (Å²) in [5, 5.41) is 0.241. The van der Waals surface area contributed by atoms with E-state index in [1.54, 1.807) is 6.07 Å². The second-order valence-corrected chi connectivity index (χ2v) is 12.0. The van der Waals surface area contributed by atoms with Gasteiger partial charge in [0.25, 0.3) is 5.91 Å². The van der Waals surface area contributed by atoms with Gasteiger partial charge in [-0.05, 0) is 86.7 Å². The Kier molecular flexibility index (Phi) is 5.51. The number of ether oxygens (including phenoxy) is 1. The third kappa shape index (κ3) is 4.62. The van der Waals surface area contributed by atoms with E-state index in [0.29, 0.717) is 23.7 Å². The number of benzene rings is 1. The molecule has 6 fully saturated rings. The fraction of sp³-hybridized carbons (Fsp3) is 0.708. The van der Waals surface area contributed by atoms with Crippen molar-refractivity contribution < 1.29 is 18.1 Å². The van der Waals surface area contributed by atoms with E-state index in [9.17, 15) is 13.4 Å². The lowest BCUT2D eigenvalue weighted by atomic mass is 9.50. The molecule has 0 heterocycles. The van der Waals surface area contributed by atoms with Crippen molar-refractivity contribution in [1.29, 1.82) is 4.78 Å². The predicted molar refractivity (Wildman–Crippen MR) is 117 cm³/mol. The molecule has 0 radical (unpaired) electrons. The molecular formula is C24H32FN2O3S-. The minimum atomic E-state index is -1.26. The molecule has 6 aliphatic rings. The molecule has 5 nitrogen and oxygen atoms in total. The molecule has 7 heteroatoms. The second kappa shape index (κ2) is 8.05. The first-order chi connectivity index (χ1) is 14.8. The smallest absolute Gasteiger partial charge is 0.251 e. The summed E-state index contributed by atoms with van der Waals surface area (Å²) in [6.45, 7) is 0.700. The number of hydrogen-bond donors (Lipinski definition) is 2. The van der Waals surface area contributed by atoms with Crippen LogP contribution in [0.15, 0.2) is 12.1 Å². The zero-order chi connectivity index (χ0) is 21.8. The summed E-state index contributed by atoms with van der Waals surface area (Å²) in [7, 11) is -1.26. The molecule has 170 valence electrons. The highest BCUT2D eigenvalue weighted by Crippen LogP contribution is 2.60. The average Bonchev–Trinajstić information content (AvgIpc) is 3.59. The molecule has 0 spiro atoms. The van der Waals surface area contributed by atoms with Crippen LogP contribution in [0.25, 0.3) is 0 Å². The third-order valence-electron chi connectivity index (χ3n) is 7.91. The number of nitrogens with one attached hydrogen (secondary N) is 1. The fourth-order valence-electron chi connectivity index (χ4n) is 6.58. The number of halogens is 1. The highest BCUT2D eigenvalue weighted by atomic mass is 32.2. The number of rotatable bonds is 6. The summed E-state index contributed by atoms with van der Waals surface area (Å²) in [5.74, 6) is 2.42. The Morgan fingerprint density at radius 2 is 1.68 bits per heavy atom. The molecule has 1 aromatic rings. The standard InChI is InChI=1S/C21H26FNO2.C3H6NOS/c22-18-7-19(16(15-1-2-15)6-17(18)20(23)24)25-11-21-8-12-3-13(9-21)5-14(4-12)10-21;4-6(5)3-1-2-3/h6-7,12-15H,1-5,8-11H2,(H2,23,24);3-4H,1-2H2/q;-1. The number of carbonyl (C=O) groups excluding carboxylic acids is 1. The molecule has 6 saturated carbocycles. The van der Waals surface area contributed by atoms with Crippen molar-refractivity contribution in [3.05, 3.63) is 29.1 Å². The van der Waals surface area contributed by atoms with Gasteiger partial charge < -0.3 is 19.5 Å². The quantitative estimate of drug-likeness (QED) is 0.582. The highest BCUT2D eigenvalue weighted by molar-refractivity contribution is 7.74. The minimum Gasteiger partial charge on any atom is -0.493 e. The molecule has 0 saturated heterocycles. The van der Waals surface area contributed by atoms with Gasteiger partial charge >= 0.3 is 0 Å². The van der Waals surface area contributed by atoms with E-state index in [1.165, 1.54) is 44.6 Å². The van der Waals surface area contributed by atoms with E-state index >= 15 is 0 Å². The number of hydrogen-bond acceptors (Lipinski definition) is 5. The lowest BCUT2D eigenvalue weighted by molar-refractivity contribution is -0.0747. The van der Waals surface area contributed by atoms with Gasteiger partial charge in [0.05, 0.1) is 12.2 Å². The Balaban J connectivity index is 0.000000296. The van der Waals surface area contributed by atoms with Gasteiger partial charge in [0.15, 0.2) is 0 Å². The molecule has 31 heavy (non-hydrogen) atoms. The van der Waals surface area contributed by atoms with Crippen molar-refractivity contribution in [3.63, 3.8) is 0 Å². The van der Waals surface area contributed by atoms with Crippen molar-refractivity contribution in [2.75, 3.05) is 6.61 Å². The SMILES string of the molecule is N=[S-](=O)C1CC1.NC(=O)c1cc(C2CC2)c(OCC23CC4CC(CC(C4)C2)C3)cc1F. The van der Waals surface area contributed by atoms with E-state index in [1.807, 2.05) is 0 Å². The average molecular weight is 448 g/mol. The summed E-state index contributed by atoms with van der Waals surface area (Å²) in [6, 6.07) is 3.03. The van der Waals surface area contributed by atoms with Gasteiger partial charge in [-0.1, -0.05) is 18.1 Å². The summed E-state index contributed by atoms with van der Waals surface area (Å²) in [4.78, 5) is 11.5. The van der Waals surface area contributed by atoms with E-state index in [4.69, 9.17) is 15.3 Å². The van der Waals surface area contributed by atoms with Crippen LogP contribution in [0.1, 0.15) is 86.0 Å². The topological polar surface area (TPSA) is 93.2 Å². The molecule has 4 bridgehead atoms. The van der Waals surface area contributed by atoms with Crippen LogP contribution >= 0.6 is 0 Å². The molecule has 3 N–H and O–H groups in total. The van der Waals surface area contributed by atoms with Crippen molar-refractivity contribution >= 4 is 16.5 Å². The van der Waals surface area contributed by atoms with Crippen molar-refractivity contribution in [1.82, 2.24) is 0 Å². The molecule has 0 aromatic heterocycles. The van der Waals surface area contributed by atoms with Gasteiger partial charge in [-0.25, -0.2) is 4.39 Å². The van der Waals surface area contributed by atoms with Gasteiger partial charge in [0.2, 0.25) is 0 Å². The van der Waals surface area contributed by atoms with Gasteiger partial charge in [0, 0.05) is 11.5 Å². The maximum atomic E-state index is 14.3. The van der Waals surface area contributed by atoms with E-state index in [0.717, 1.165) is 49.0 Å². The molecule has 0 atom stereocenters. The summed E-state index contributed by atoms with van der Waals surface area (Å²) in [6.07, 6.45) is 12.2. The van der Waals surface area contributed by atoms with Crippen molar-refractivity contribution in [2.45, 2.75) is 75.4 Å². The lowest BCUT2D eigenvalue weighted by Gasteiger charge is -2.56. The lowest BCUT2D eigenvalue weighted by Crippen LogP contribution is -2.48. The number of nitrogens with two attached hydrogens (primary N) is 1. The summed E-state index contributed by atoms with van der Waals surface area (Å²) >= 11 is 0. The van der Waals surface area contributed by atoms with Crippen LogP contribution in [0.5, 0.6) is 5.75 Å². The Morgan fingerprint density at radius 1 is 1.10 bits per heavy atom. The number of primary amides is 1. The van der Waals surface area contributed by atoms with E-state index < -0.39 is 22.3 Å². The number of carbonyl (C=O) groups is 1. The van der Waals surface area contributed by atoms with Crippen LogP contribution < -0.4 is 10.5 Å². The molecule has 0 unspecified atom stereocenters. The Bertz CT molecular complexity index is 909. The number of amides is 1. The minimum absolute atomic E-state index is 0.0101. The fourth-order valence-corrected chi connectivity index (χ4v) is 7.14. The van der Waals surface area contributed by atoms with Gasteiger partial charge in [-0.15, -0.1) is 0 Å². The summed E-state index contributed by atoms with van der Waals surface area (Å²) in [5.41, 5.74) is 6.57. The zero-order valence-corrected chi connectivity index (χ0v) is 18.7. The first-order valence-corrected chi connectivity index (χ1v) is 12.9. The van der Waals surface area contributed by atoms with Crippen LogP contribution in [0.2, 0.25) is 0 Å². The Labute approximate surface area is 185 Å². The molecule has 6 aliphatic carbocycles. The normalized spacial score (nSPS) is 33.2. The highest BCUT2D eigenvalue weighted by Gasteiger charge is 2.51. The largest absolute Gasteiger partial charge is 0.493 e. The van der Waals surface area contributed by atoms with Gasteiger partial charge in [-0.2, -0.15) is 10.6 Å². The van der Waals surface area contributed by atoms with Crippen molar-refractivity contribution in [3.8, 4) is 5.75 Å². The van der Waals surface area contributed by atoms with Crippen LogP contribution in [-0.2, 0) is 14.8 Å².